The quantitative estimate of drug-likeness (QED) is 0.363. The Morgan fingerprint density at radius 2 is 1.72 bits per heavy atom. The summed E-state index contributed by atoms with van der Waals surface area (Å²) in [7, 11) is 0. The zero-order valence-corrected chi connectivity index (χ0v) is 19.4. The van der Waals surface area contributed by atoms with Gasteiger partial charge in [-0.05, 0) is 86.2 Å². The molecular weight excluding hydrogens is 436 g/mol. The fraction of sp³-hybridized carbons (Fsp3) is 0.154. The lowest BCUT2D eigenvalue weighted by Gasteiger charge is -2.29. The maximum atomic E-state index is 6.29. The Morgan fingerprint density at radius 3 is 2.44 bits per heavy atom. The average Bonchev–Trinajstić information content (AvgIpc) is 3.41. The van der Waals surface area contributed by atoms with E-state index < -0.39 is 0 Å². The van der Waals surface area contributed by atoms with E-state index in [9.17, 15) is 0 Å². The summed E-state index contributed by atoms with van der Waals surface area (Å²) >= 11 is 12.1. The van der Waals surface area contributed by atoms with E-state index in [1.54, 1.807) is 0 Å². The number of pyridine rings is 1. The molecule has 3 heterocycles. The first-order valence-corrected chi connectivity index (χ1v) is 11.3. The minimum absolute atomic E-state index is 0.0777. The van der Waals surface area contributed by atoms with Crippen molar-refractivity contribution in [2.45, 2.75) is 25.9 Å². The molecule has 0 amide bonds. The number of halogens is 1. The van der Waals surface area contributed by atoms with Crippen LogP contribution in [0.25, 0.3) is 5.69 Å². The number of hydrogen-bond acceptors (Lipinski definition) is 2. The van der Waals surface area contributed by atoms with Crippen molar-refractivity contribution in [1.29, 1.82) is 0 Å². The van der Waals surface area contributed by atoms with Crippen molar-refractivity contribution < 1.29 is 0 Å². The normalized spacial score (nSPS) is 18.1. The van der Waals surface area contributed by atoms with Gasteiger partial charge in [0.15, 0.2) is 5.11 Å². The summed E-state index contributed by atoms with van der Waals surface area (Å²) in [6.07, 6.45) is 3.91. The molecule has 2 aromatic carbocycles. The SMILES string of the molecule is Cc1ccc(N2C(=S)N[C@@H](c3ccccn3)[C@@H]2c2cccn2-c2ccc(Cl)c(C)c2)cc1. The molecule has 0 saturated carbocycles. The highest BCUT2D eigenvalue weighted by Crippen LogP contribution is 2.42. The Balaban J connectivity index is 1.67. The highest BCUT2D eigenvalue weighted by atomic mass is 35.5. The van der Waals surface area contributed by atoms with Crippen LogP contribution in [0.15, 0.2) is 85.2 Å². The van der Waals surface area contributed by atoms with E-state index >= 15 is 0 Å². The molecule has 0 unspecified atom stereocenters. The van der Waals surface area contributed by atoms with Gasteiger partial charge >= 0.3 is 0 Å². The zero-order chi connectivity index (χ0) is 22.2. The maximum absolute atomic E-state index is 6.29. The summed E-state index contributed by atoms with van der Waals surface area (Å²) in [6.45, 7) is 4.11. The third kappa shape index (κ3) is 3.68. The summed E-state index contributed by atoms with van der Waals surface area (Å²) in [5.74, 6) is 0. The number of aryl methyl sites for hydroxylation is 2. The van der Waals surface area contributed by atoms with Gasteiger partial charge in [-0.2, -0.15) is 0 Å². The van der Waals surface area contributed by atoms with Gasteiger partial charge in [0.05, 0.1) is 11.7 Å². The van der Waals surface area contributed by atoms with Crippen LogP contribution in [0.2, 0.25) is 5.02 Å². The highest BCUT2D eigenvalue weighted by Gasteiger charge is 2.42. The lowest BCUT2D eigenvalue weighted by Crippen LogP contribution is -2.30. The van der Waals surface area contributed by atoms with Crippen molar-refractivity contribution in [2.75, 3.05) is 4.90 Å². The topological polar surface area (TPSA) is 33.1 Å². The van der Waals surface area contributed by atoms with Gasteiger partial charge in [-0.3, -0.25) is 4.98 Å². The molecule has 1 N–H and O–H groups in total. The predicted molar refractivity (Wildman–Crippen MR) is 135 cm³/mol. The van der Waals surface area contributed by atoms with Crippen LogP contribution in [-0.4, -0.2) is 14.7 Å². The van der Waals surface area contributed by atoms with Gasteiger partial charge in [-0.15, -0.1) is 0 Å². The van der Waals surface area contributed by atoms with E-state index in [2.05, 4.69) is 75.4 Å². The first-order chi connectivity index (χ1) is 15.5. The number of anilines is 1. The van der Waals surface area contributed by atoms with Gasteiger partial charge in [0.25, 0.3) is 0 Å². The summed E-state index contributed by atoms with van der Waals surface area (Å²) in [5, 5.41) is 4.98. The van der Waals surface area contributed by atoms with E-state index in [0.29, 0.717) is 5.11 Å². The average molecular weight is 459 g/mol. The van der Waals surface area contributed by atoms with Crippen molar-refractivity contribution in [3.63, 3.8) is 0 Å². The Labute approximate surface area is 198 Å². The first kappa shape index (κ1) is 20.7. The number of nitrogens with zero attached hydrogens (tertiary/aromatic N) is 3. The second-order valence-corrected chi connectivity index (χ2v) is 8.86. The van der Waals surface area contributed by atoms with Crippen LogP contribution in [-0.2, 0) is 0 Å². The molecule has 1 fully saturated rings. The molecule has 1 aliphatic rings. The van der Waals surface area contributed by atoms with Gasteiger partial charge in [-0.1, -0.05) is 35.4 Å². The first-order valence-electron chi connectivity index (χ1n) is 10.5. The molecule has 0 bridgehead atoms. The minimum atomic E-state index is -0.0907. The summed E-state index contributed by atoms with van der Waals surface area (Å²) in [6, 6.07) is 24.6. The Hall–Kier alpha value is -3.15. The standard InChI is InChI=1S/C26H23ClN4S/c1-17-8-10-19(11-9-17)31-25(24(29-26(31)32)22-6-3-4-14-28-22)23-7-5-15-30(23)20-12-13-21(27)18(2)16-20/h3-16,24-25H,1-2H3,(H,29,32)/t24-,25-/m0/s1. The fourth-order valence-corrected chi connectivity index (χ4v) is 4.75. The van der Waals surface area contributed by atoms with Crippen LogP contribution in [0, 0.1) is 13.8 Å². The van der Waals surface area contributed by atoms with Gasteiger partial charge in [0, 0.05) is 34.5 Å². The lowest BCUT2D eigenvalue weighted by molar-refractivity contribution is 0.549. The summed E-state index contributed by atoms with van der Waals surface area (Å²) in [4.78, 5) is 6.85. The molecule has 0 aliphatic carbocycles. The minimum Gasteiger partial charge on any atom is -0.351 e. The molecule has 32 heavy (non-hydrogen) atoms. The van der Waals surface area contributed by atoms with Gasteiger partial charge in [0.1, 0.15) is 6.04 Å². The largest absolute Gasteiger partial charge is 0.351 e. The second-order valence-electron chi connectivity index (χ2n) is 8.07. The molecule has 0 spiro atoms. The van der Waals surface area contributed by atoms with Crippen molar-refractivity contribution in [3.8, 4) is 5.69 Å². The number of benzene rings is 2. The number of aromatic nitrogens is 2. The smallest absolute Gasteiger partial charge is 0.174 e. The fourth-order valence-electron chi connectivity index (χ4n) is 4.29. The van der Waals surface area contributed by atoms with Crippen LogP contribution in [0.4, 0.5) is 5.69 Å². The van der Waals surface area contributed by atoms with Gasteiger partial charge in [0.2, 0.25) is 0 Å². The molecule has 4 nitrogen and oxygen atoms in total. The molecule has 0 radical (unpaired) electrons. The molecule has 1 saturated heterocycles. The van der Waals surface area contributed by atoms with Crippen molar-refractivity contribution in [3.05, 3.63) is 113 Å². The number of nitrogens with one attached hydrogen (secondary N) is 1. The highest BCUT2D eigenvalue weighted by molar-refractivity contribution is 7.80. The van der Waals surface area contributed by atoms with E-state index in [0.717, 1.165) is 33.3 Å². The van der Waals surface area contributed by atoms with E-state index in [4.69, 9.17) is 23.8 Å². The Morgan fingerprint density at radius 1 is 0.938 bits per heavy atom. The summed E-state index contributed by atoms with van der Waals surface area (Å²) in [5.41, 5.74) is 6.44. The van der Waals surface area contributed by atoms with Crippen LogP contribution in [0.3, 0.4) is 0 Å². The molecule has 2 aromatic heterocycles. The van der Waals surface area contributed by atoms with Crippen LogP contribution in [0.1, 0.15) is 34.6 Å². The molecular formula is C26H23ClN4S. The predicted octanol–water partition coefficient (Wildman–Crippen LogP) is 6.32. The zero-order valence-electron chi connectivity index (χ0n) is 17.9. The molecule has 1 aliphatic heterocycles. The molecule has 6 heteroatoms. The number of hydrogen-bond donors (Lipinski definition) is 1. The van der Waals surface area contributed by atoms with Crippen LogP contribution >= 0.6 is 23.8 Å². The Kier molecular flexibility index (Phi) is 5.45. The third-order valence-corrected chi connectivity index (χ3v) is 6.65. The van der Waals surface area contributed by atoms with Gasteiger partial charge in [-0.25, -0.2) is 0 Å². The van der Waals surface area contributed by atoms with Crippen molar-refractivity contribution >= 4 is 34.6 Å². The molecule has 2 atom stereocenters. The number of thiocarbonyl (C=S) groups is 1. The van der Waals surface area contributed by atoms with Crippen molar-refractivity contribution in [2.24, 2.45) is 0 Å². The lowest BCUT2D eigenvalue weighted by atomic mass is 10.0. The monoisotopic (exact) mass is 458 g/mol. The summed E-state index contributed by atoms with van der Waals surface area (Å²) < 4.78 is 2.21. The Bertz CT molecular complexity index is 1270. The molecule has 4 aromatic rings. The second kappa shape index (κ2) is 8.41. The molecule has 5 rings (SSSR count). The third-order valence-electron chi connectivity index (χ3n) is 5.91. The van der Waals surface area contributed by atoms with Crippen molar-refractivity contribution in [1.82, 2.24) is 14.9 Å². The molecule has 160 valence electrons. The van der Waals surface area contributed by atoms with E-state index in [-0.39, 0.29) is 12.1 Å². The van der Waals surface area contributed by atoms with Crippen LogP contribution < -0.4 is 10.2 Å². The van der Waals surface area contributed by atoms with E-state index in [1.807, 2.05) is 43.5 Å². The van der Waals surface area contributed by atoms with E-state index in [1.165, 1.54) is 5.56 Å². The number of rotatable bonds is 4. The van der Waals surface area contributed by atoms with Gasteiger partial charge < -0.3 is 14.8 Å². The maximum Gasteiger partial charge on any atom is 0.174 e. The van der Waals surface area contributed by atoms with Crippen LogP contribution in [0.5, 0.6) is 0 Å².